The summed E-state index contributed by atoms with van der Waals surface area (Å²) in [5, 5.41) is 0.504. The zero-order valence-electron chi connectivity index (χ0n) is 8.25. The van der Waals surface area contributed by atoms with Crippen LogP contribution in [0.1, 0.15) is 5.56 Å². The van der Waals surface area contributed by atoms with Crippen LogP contribution in [0.15, 0.2) is 36.4 Å². The lowest BCUT2D eigenvalue weighted by Crippen LogP contribution is -1.95. The van der Waals surface area contributed by atoms with Crippen molar-refractivity contribution in [2.75, 3.05) is 0 Å². The summed E-state index contributed by atoms with van der Waals surface area (Å²) < 4.78 is 26.6. The van der Waals surface area contributed by atoms with E-state index in [9.17, 15) is 8.78 Å². The Kier molecular flexibility index (Phi) is 3.29. The van der Waals surface area contributed by atoms with Gasteiger partial charge in [-0.3, -0.25) is 0 Å². The maximum atomic E-state index is 13.5. The molecule has 1 heterocycles. The number of hydrogen-bond donors (Lipinski definition) is 0. The summed E-state index contributed by atoms with van der Waals surface area (Å²) in [6.07, 6.45) is 0. The van der Waals surface area contributed by atoms with Crippen molar-refractivity contribution < 1.29 is 8.78 Å². The van der Waals surface area contributed by atoms with Gasteiger partial charge in [0.15, 0.2) is 0 Å². The van der Waals surface area contributed by atoms with E-state index in [0.717, 1.165) is 5.56 Å². The van der Waals surface area contributed by atoms with Crippen LogP contribution < -0.4 is 0 Å². The number of pyridine rings is 1. The average Bonchev–Trinajstić information content (AvgIpc) is 2.29. The lowest BCUT2D eigenvalue weighted by atomic mass is 10.1. The van der Waals surface area contributed by atoms with E-state index in [0.29, 0.717) is 16.6 Å². The lowest BCUT2D eigenvalue weighted by molar-refractivity contribution is 0.583. The van der Waals surface area contributed by atoms with E-state index in [1.165, 1.54) is 12.1 Å². The quantitative estimate of drug-likeness (QED) is 0.601. The van der Waals surface area contributed by atoms with Crippen molar-refractivity contribution in [2.24, 2.45) is 0 Å². The lowest BCUT2D eigenvalue weighted by Gasteiger charge is -2.07. The van der Waals surface area contributed by atoms with Gasteiger partial charge in [0.2, 0.25) is 5.95 Å². The first-order valence-electron chi connectivity index (χ1n) is 4.68. The highest BCUT2D eigenvalue weighted by atomic mass is 79.9. The summed E-state index contributed by atoms with van der Waals surface area (Å²) in [6.45, 7) is 0. The zero-order valence-corrected chi connectivity index (χ0v) is 9.84. The van der Waals surface area contributed by atoms with Crippen molar-refractivity contribution in [2.45, 2.75) is 5.33 Å². The number of benzene rings is 1. The minimum absolute atomic E-state index is 0.316. The van der Waals surface area contributed by atoms with Crippen LogP contribution in [-0.4, -0.2) is 4.98 Å². The maximum absolute atomic E-state index is 13.5. The van der Waals surface area contributed by atoms with Crippen LogP contribution in [0.5, 0.6) is 0 Å². The smallest absolute Gasteiger partial charge is 0.213 e. The Labute approximate surface area is 100 Å². The van der Waals surface area contributed by atoms with Crippen molar-refractivity contribution in [3.8, 4) is 11.3 Å². The first-order valence-corrected chi connectivity index (χ1v) is 5.81. The molecular formula is C12H8BrF2N. The highest BCUT2D eigenvalue weighted by Crippen LogP contribution is 2.25. The molecule has 1 nitrogen and oxygen atoms in total. The summed E-state index contributed by atoms with van der Waals surface area (Å²) in [4.78, 5) is 3.74. The SMILES string of the molecule is Fc1ccc(CBr)c(-c2ccccc2F)n1. The molecule has 0 aliphatic heterocycles. The van der Waals surface area contributed by atoms with Crippen LogP contribution in [0, 0.1) is 11.8 Å². The van der Waals surface area contributed by atoms with Crippen LogP contribution in [-0.2, 0) is 5.33 Å². The Hall–Kier alpha value is -1.29. The molecule has 0 amide bonds. The first-order chi connectivity index (χ1) is 7.72. The molecule has 82 valence electrons. The molecule has 0 aliphatic carbocycles. The molecule has 0 aliphatic rings. The molecule has 2 rings (SSSR count). The molecule has 0 saturated carbocycles. The Morgan fingerprint density at radius 1 is 1.06 bits per heavy atom. The highest BCUT2D eigenvalue weighted by Gasteiger charge is 2.11. The fourth-order valence-electron chi connectivity index (χ4n) is 1.46. The van der Waals surface area contributed by atoms with Gasteiger partial charge in [-0.05, 0) is 23.8 Å². The Bertz CT molecular complexity index is 514. The fraction of sp³-hybridized carbons (Fsp3) is 0.0833. The predicted molar refractivity (Wildman–Crippen MR) is 62.2 cm³/mol. The number of aromatic nitrogens is 1. The van der Waals surface area contributed by atoms with E-state index in [-0.39, 0.29) is 0 Å². The Morgan fingerprint density at radius 2 is 1.81 bits per heavy atom. The van der Waals surface area contributed by atoms with E-state index in [1.54, 1.807) is 24.3 Å². The van der Waals surface area contributed by atoms with Gasteiger partial charge in [-0.15, -0.1) is 0 Å². The van der Waals surface area contributed by atoms with Crippen LogP contribution in [0.3, 0.4) is 0 Å². The van der Waals surface area contributed by atoms with Gasteiger partial charge in [-0.25, -0.2) is 9.37 Å². The van der Waals surface area contributed by atoms with Crippen molar-refractivity contribution in [1.29, 1.82) is 0 Å². The predicted octanol–water partition coefficient (Wildman–Crippen LogP) is 3.92. The molecule has 0 radical (unpaired) electrons. The first kappa shape index (κ1) is 11.2. The molecule has 4 heteroatoms. The van der Waals surface area contributed by atoms with Gasteiger partial charge in [-0.2, -0.15) is 4.39 Å². The van der Waals surface area contributed by atoms with Crippen molar-refractivity contribution >= 4 is 15.9 Å². The summed E-state index contributed by atoms with van der Waals surface area (Å²) in [6, 6.07) is 9.07. The molecule has 0 saturated heterocycles. The molecule has 1 aromatic carbocycles. The number of alkyl halides is 1. The standard InChI is InChI=1S/C12H8BrF2N/c13-7-8-5-6-11(15)16-12(8)9-3-1-2-4-10(9)14/h1-6H,7H2. The third-order valence-electron chi connectivity index (χ3n) is 2.22. The van der Waals surface area contributed by atoms with Crippen LogP contribution >= 0.6 is 15.9 Å². The molecule has 0 fully saturated rings. The van der Waals surface area contributed by atoms with Crippen molar-refractivity contribution in [1.82, 2.24) is 4.98 Å². The number of halogens is 3. The molecule has 0 spiro atoms. The molecule has 0 N–H and O–H groups in total. The van der Waals surface area contributed by atoms with Crippen LogP contribution in [0.2, 0.25) is 0 Å². The summed E-state index contributed by atoms with van der Waals surface area (Å²) in [7, 11) is 0. The minimum atomic E-state index is -0.608. The second-order valence-corrected chi connectivity index (χ2v) is 3.82. The zero-order chi connectivity index (χ0) is 11.5. The van der Waals surface area contributed by atoms with Crippen molar-refractivity contribution in [3.05, 3.63) is 53.7 Å². The Morgan fingerprint density at radius 3 is 2.50 bits per heavy atom. The monoisotopic (exact) mass is 283 g/mol. The fourth-order valence-corrected chi connectivity index (χ4v) is 1.91. The molecule has 2 aromatic rings. The summed E-state index contributed by atoms with van der Waals surface area (Å²) in [5.41, 5.74) is 1.41. The molecule has 0 unspecified atom stereocenters. The van der Waals surface area contributed by atoms with E-state index in [1.807, 2.05) is 0 Å². The van der Waals surface area contributed by atoms with Crippen LogP contribution in [0.4, 0.5) is 8.78 Å². The second-order valence-electron chi connectivity index (χ2n) is 3.26. The average molecular weight is 284 g/mol. The molecule has 0 atom stereocenters. The van der Waals surface area contributed by atoms with E-state index >= 15 is 0 Å². The Balaban J connectivity index is 2.63. The molecular weight excluding hydrogens is 276 g/mol. The minimum Gasteiger partial charge on any atom is -0.219 e. The maximum Gasteiger partial charge on any atom is 0.213 e. The van der Waals surface area contributed by atoms with Crippen LogP contribution in [0.25, 0.3) is 11.3 Å². The van der Waals surface area contributed by atoms with Gasteiger partial charge in [0.05, 0.1) is 5.69 Å². The second kappa shape index (κ2) is 4.70. The van der Waals surface area contributed by atoms with E-state index < -0.39 is 11.8 Å². The van der Waals surface area contributed by atoms with Gasteiger partial charge in [0.25, 0.3) is 0 Å². The molecule has 1 aromatic heterocycles. The van der Waals surface area contributed by atoms with E-state index in [4.69, 9.17) is 0 Å². The number of nitrogens with zero attached hydrogens (tertiary/aromatic N) is 1. The number of rotatable bonds is 2. The third-order valence-corrected chi connectivity index (χ3v) is 2.82. The largest absolute Gasteiger partial charge is 0.219 e. The van der Waals surface area contributed by atoms with Gasteiger partial charge < -0.3 is 0 Å². The highest BCUT2D eigenvalue weighted by molar-refractivity contribution is 9.08. The third kappa shape index (κ3) is 2.11. The van der Waals surface area contributed by atoms with Gasteiger partial charge in [0.1, 0.15) is 5.82 Å². The molecule has 0 bridgehead atoms. The van der Waals surface area contributed by atoms with Gasteiger partial charge in [-0.1, -0.05) is 34.1 Å². The van der Waals surface area contributed by atoms with Gasteiger partial charge in [0, 0.05) is 10.9 Å². The van der Waals surface area contributed by atoms with E-state index in [2.05, 4.69) is 20.9 Å². The molecule has 16 heavy (non-hydrogen) atoms. The summed E-state index contributed by atoms with van der Waals surface area (Å²) in [5.74, 6) is -1.01. The normalized spacial score (nSPS) is 10.4. The number of hydrogen-bond acceptors (Lipinski definition) is 1. The summed E-state index contributed by atoms with van der Waals surface area (Å²) >= 11 is 3.27. The van der Waals surface area contributed by atoms with Gasteiger partial charge >= 0.3 is 0 Å². The van der Waals surface area contributed by atoms with Crippen molar-refractivity contribution in [3.63, 3.8) is 0 Å². The topological polar surface area (TPSA) is 12.9 Å².